The number of carboxylic acid groups (broad SMARTS) is 1. The Morgan fingerprint density at radius 3 is 2.43 bits per heavy atom. The molecular weight excluding hydrogens is 360 g/mol. The topological polar surface area (TPSA) is 99.7 Å². The predicted molar refractivity (Wildman–Crippen MR) is 103 cm³/mol. The molecule has 7 heteroatoms. The molecule has 2 amide bonds. The highest BCUT2D eigenvalue weighted by Gasteiger charge is 2.34. The van der Waals surface area contributed by atoms with E-state index in [4.69, 9.17) is 4.74 Å². The summed E-state index contributed by atoms with van der Waals surface area (Å²) in [6.07, 6.45) is 0.678. The molecule has 0 aliphatic rings. The summed E-state index contributed by atoms with van der Waals surface area (Å²) in [6, 6.07) is 15.0. The monoisotopic (exact) mass is 380 g/mol. The summed E-state index contributed by atoms with van der Waals surface area (Å²) in [5.74, 6) is -1.97. The van der Waals surface area contributed by atoms with Crippen molar-refractivity contribution in [1.29, 1.82) is 0 Å². The maximum absolute atomic E-state index is 12.5. The average Bonchev–Trinajstić information content (AvgIpc) is 3.09. The van der Waals surface area contributed by atoms with Gasteiger partial charge in [-0.25, -0.2) is 14.5 Å². The summed E-state index contributed by atoms with van der Waals surface area (Å²) in [5.41, 5.74) is 2.29. The fraction of sp³-hybridized carbons (Fsp3) is 0.190. The van der Waals surface area contributed by atoms with Crippen LogP contribution in [0.4, 0.5) is 4.79 Å². The number of aliphatic carboxylic acids is 1. The first-order valence-corrected chi connectivity index (χ1v) is 8.75. The zero-order valence-electron chi connectivity index (χ0n) is 15.3. The minimum atomic E-state index is -1.38. The van der Waals surface area contributed by atoms with Crippen LogP contribution in [0.3, 0.4) is 0 Å². The van der Waals surface area contributed by atoms with E-state index in [-0.39, 0.29) is 13.0 Å². The third-order valence-corrected chi connectivity index (χ3v) is 4.43. The molecule has 2 N–H and O–H groups in total. The number of aromatic nitrogens is 1. The van der Waals surface area contributed by atoms with E-state index >= 15 is 0 Å². The van der Waals surface area contributed by atoms with Crippen LogP contribution in [0.25, 0.3) is 10.9 Å². The first kappa shape index (κ1) is 19.2. The highest BCUT2D eigenvalue weighted by molar-refractivity contribution is 5.96. The van der Waals surface area contributed by atoms with E-state index in [0.29, 0.717) is 10.5 Å². The summed E-state index contributed by atoms with van der Waals surface area (Å²) < 4.78 is 5.18. The van der Waals surface area contributed by atoms with Gasteiger partial charge in [0.1, 0.15) is 12.6 Å². The van der Waals surface area contributed by atoms with Crippen molar-refractivity contribution < 1.29 is 24.2 Å². The van der Waals surface area contributed by atoms with E-state index in [2.05, 4.69) is 4.98 Å². The molecule has 0 spiro atoms. The fourth-order valence-electron chi connectivity index (χ4n) is 3.06. The number of carbonyl (C=O) groups is 3. The Morgan fingerprint density at radius 1 is 1.07 bits per heavy atom. The largest absolute Gasteiger partial charge is 0.480 e. The Bertz CT molecular complexity index is 996. The number of para-hydroxylation sites is 1. The number of carbonyl (C=O) groups excluding carboxylic acids is 2. The van der Waals surface area contributed by atoms with Gasteiger partial charge in [-0.2, -0.15) is 0 Å². The number of imide groups is 1. The number of ether oxygens (including phenoxy) is 1. The SMILES string of the molecule is CC(=O)N(C(=O)OCc1ccccc1)[C@@H](Cc1c[nH]c2ccccc12)C(=O)O. The summed E-state index contributed by atoms with van der Waals surface area (Å²) in [6.45, 7) is 1.10. The molecule has 0 aliphatic carbocycles. The van der Waals surface area contributed by atoms with Crippen LogP contribution in [0.5, 0.6) is 0 Å². The van der Waals surface area contributed by atoms with Gasteiger partial charge in [-0.1, -0.05) is 48.5 Å². The van der Waals surface area contributed by atoms with E-state index in [1.807, 2.05) is 30.3 Å². The molecule has 3 rings (SSSR count). The average molecular weight is 380 g/mol. The Labute approximate surface area is 161 Å². The zero-order chi connectivity index (χ0) is 20.1. The van der Waals surface area contributed by atoms with Gasteiger partial charge in [-0.05, 0) is 17.2 Å². The lowest BCUT2D eigenvalue weighted by atomic mass is 10.0. The number of nitrogens with one attached hydrogen (secondary N) is 1. The van der Waals surface area contributed by atoms with Crippen molar-refractivity contribution in [2.24, 2.45) is 0 Å². The van der Waals surface area contributed by atoms with Gasteiger partial charge in [0, 0.05) is 30.4 Å². The van der Waals surface area contributed by atoms with Gasteiger partial charge >= 0.3 is 12.1 Å². The molecule has 0 unspecified atom stereocenters. The first-order valence-electron chi connectivity index (χ1n) is 8.75. The fourth-order valence-corrected chi connectivity index (χ4v) is 3.06. The molecule has 3 aromatic rings. The van der Waals surface area contributed by atoms with Gasteiger partial charge in [0.2, 0.25) is 5.91 Å². The smallest absolute Gasteiger partial charge is 0.417 e. The zero-order valence-corrected chi connectivity index (χ0v) is 15.3. The molecule has 0 radical (unpaired) electrons. The quantitative estimate of drug-likeness (QED) is 0.683. The van der Waals surface area contributed by atoms with Gasteiger partial charge in [0.25, 0.3) is 0 Å². The molecule has 0 saturated heterocycles. The van der Waals surface area contributed by atoms with Crippen LogP contribution < -0.4 is 0 Å². The van der Waals surface area contributed by atoms with E-state index in [9.17, 15) is 19.5 Å². The van der Waals surface area contributed by atoms with Crippen molar-refractivity contribution in [3.63, 3.8) is 0 Å². The van der Waals surface area contributed by atoms with Crippen LogP contribution in [0.2, 0.25) is 0 Å². The first-order chi connectivity index (χ1) is 13.5. The molecule has 0 saturated carbocycles. The summed E-state index contributed by atoms with van der Waals surface area (Å²) in [4.78, 5) is 40.2. The van der Waals surface area contributed by atoms with Crippen molar-refractivity contribution in [2.75, 3.05) is 0 Å². The molecule has 144 valence electrons. The van der Waals surface area contributed by atoms with Gasteiger partial charge in [-0.15, -0.1) is 0 Å². The normalized spacial score (nSPS) is 11.8. The van der Waals surface area contributed by atoms with Crippen LogP contribution >= 0.6 is 0 Å². The number of amides is 2. The number of benzene rings is 2. The van der Waals surface area contributed by atoms with Crippen LogP contribution in [-0.2, 0) is 27.4 Å². The Hall–Kier alpha value is -3.61. The highest BCUT2D eigenvalue weighted by atomic mass is 16.6. The van der Waals surface area contributed by atoms with Crippen molar-refractivity contribution >= 4 is 28.9 Å². The molecule has 7 nitrogen and oxygen atoms in total. The van der Waals surface area contributed by atoms with Crippen molar-refractivity contribution in [3.05, 3.63) is 71.9 Å². The second kappa shape index (κ2) is 8.39. The Kier molecular flexibility index (Phi) is 5.74. The number of nitrogens with zero attached hydrogens (tertiary/aromatic N) is 1. The maximum Gasteiger partial charge on any atom is 0.417 e. The van der Waals surface area contributed by atoms with Crippen LogP contribution in [0.15, 0.2) is 60.8 Å². The minimum Gasteiger partial charge on any atom is -0.480 e. The lowest BCUT2D eigenvalue weighted by Gasteiger charge is -2.25. The number of H-pyrrole nitrogens is 1. The van der Waals surface area contributed by atoms with Crippen molar-refractivity contribution in [2.45, 2.75) is 26.0 Å². The third kappa shape index (κ3) is 4.20. The number of hydrogen-bond acceptors (Lipinski definition) is 4. The minimum absolute atomic E-state index is 0.0284. The highest BCUT2D eigenvalue weighted by Crippen LogP contribution is 2.21. The van der Waals surface area contributed by atoms with E-state index in [1.165, 1.54) is 0 Å². The van der Waals surface area contributed by atoms with Gasteiger partial charge in [0.15, 0.2) is 0 Å². The number of carboxylic acids is 1. The Balaban J connectivity index is 1.81. The second-order valence-corrected chi connectivity index (χ2v) is 6.35. The molecule has 1 aromatic heterocycles. The molecular formula is C21H20N2O5. The van der Waals surface area contributed by atoms with E-state index in [1.54, 1.807) is 30.5 Å². The number of fused-ring (bicyclic) bond motifs is 1. The summed E-state index contributed by atoms with van der Waals surface area (Å²) in [5, 5.41) is 10.5. The van der Waals surface area contributed by atoms with E-state index in [0.717, 1.165) is 23.4 Å². The number of aromatic amines is 1. The third-order valence-electron chi connectivity index (χ3n) is 4.43. The van der Waals surface area contributed by atoms with Gasteiger partial charge in [-0.3, -0.25) is 4.79 Å². The van der Waals surface area contributed by atoms with E-state index < -0.39 is 24.0 Å². The summed E-state index contributed by atoms with van der Waals surface area (Å²) in [7, 11) is 0. The standard InChI is InChI=1S/C21H20N2O5/c1-14(24)23(21(27)28-13-15-7-3-2-4-8-15)19(20(25)26)11-16-12-22-18-10-6-5-9-17(16)18/h2-10,12,19,22H,11,13H2,1H3,(H,25,26)/t19-/m0/s1. The second-order valence-electron chi connectivity index (χ2n) is 6.35. The number of hydrogen-bond donors (Lipinski definition) is 2. The van der Waals surface area contributed by atoms with Crippen LogP contribution in [0.1, 0.15) is 18.1 Å². The number of rotatable bonds is 6. The lowest BCUT2D eigenvalue weighted by Crippen LogP contribution is -2.49. The Morgan fingerprint density at radius 2 is 1.75 bits per heavy atom. The predicted octanol–water partition coefficient (Wildman–Crippen LogP) is 3.35. The molecule has 28 heavy (non-hydrogen) atoms. The molecule has 0 aliphatic heterocycles. The molecule has 1 atom stereocenters. The van der Waals surface area contributed by atoms with Gasteiger partial charge in [0.05, 0.1) is 0 Å². The van der Waals surface area contributed by atoms with Gasteiger partial charge < -0.3 is 14.8 Å². The van der Waals surface area contributed by atoms with Crippen molar-refractivity contribution in [3.8, 4) is 0 Å². The summed E-state index contributed by atoms with van der Waals surface area (Å²) >= 11 is 0. The maximum atomic E-state index is 12.5. The van der Waals surface area contributed by atoms with Crippen molar-refractivity contribution in [1.82, 2.24) is 9.88 Å². The lowest BCUT2D eigenvalue weighted by molar-refractivity contribution is -0.148. The molecule has 1 heterocycles. The molecule has 2 aromatic carbocycles. The van der Waals surface area contributed by atoms with Crippen LogP contribution in [0, 0.1) is 0 Å². The molecule has 0 fully saturated rings. The van der Waals surface area contributed by atoms with Crippen LogP contribution in [-0.4, -0.2) is 39.0 Å². The molecule has 0 bridgehead atoms.